The van der Waals surface area contributed by atoms with Gasteiger partial charge in [-0.05, 0) is 24.1 Å². The highest BCUT2D eigenvalue weighted by Gasteiger charge is 2.19. The molecule has 0 radical (unpaired) electrons. The van der Waals surface area contributed by atoms with E-state index >= 15 is 0 Å². The molecule has 1 unspecified atom stereocenters. The zero-order valence-electron chi connectivity index (χ0n) is 9.21. The van der Waals surface area contributed by atoms with E-state index in [-0.39, 0.29) is 6.04 Å². The van der Waals surface area contributed by atoms with Crippen LogP contribution in [-0.2, 0) is 0 Å². The Morgan fingerprint density at radius 1 is 1.24 bits per heavy atom. The van der Waals surface area contributed by atoms with Gasteiger partial charge in [-0.3, -0.25) is 5.84 Å². The molecule has 0 spiro atoms. The van der Waals surface area contributed by atoms with Gasteiger partial charge in [0, 0.05) is 5.56 Å². The maximum Gasteiger partial charge on any atom is 0.0995 e. The Kier molecular flexibility index (Phi) is 4.07. The number of halogens is 2. The maximum absolute atomic E-state index is 6.16. The number of nitrogens with two attached hydrogens (primary N) is 1. The first-order valence-electron chi connectivity index (χ1n) is 5.10. The first kappa shape index (κ1) is 12.9. The molecular weight excluding hydrogens is 275 g/mol. The van der Waals surface area contributed by atoms with E-state index in [1.54, 1.807) is 0 Å². The second-order valence-corrected chi connectivity index (χ2v) is 6.02. The van der Waals surface area contributed by atoms with Crippen molar-refractivity contribution in [1.29, 1.82) is 0 Å². The smallest absolute Gasteiger partial charge is 0.0995 e. The van der Waals surface area contributed by atoms with Crippen LogP contribution in [0.15, 0.2) is 30.3 Å². The molecule has 17 heavy (non-hydrogen) atoms. The minimum absolute atomic E-state index is 0.132. The van der Waals surface area contributed by atoms with Gasteiger partial charge in [0.25, 0.3) is 0 Å². The molecule has 2 aromatic rings. The molecule has 90 valence electrons. The summed E-state index contributed by atoms with van der Waals surface area (Å²) >= 11 is 13.5. The van der Waals surface area contributed by atoms with Crippen molar-refractivity contribution in [3.63, 3.8) is 0 Å². The molecule has 0 bridgehead atoms. The molecule has 2 rings (SSSR count). The van der Waals surface area contributed by atoms with Crippen molar-refractivity contribution < 1.29 is 0 Å². The van der Waals surface area contributed by atoms with E-state index in [4.69, 9.17) is 29.0 Å². The van der Waals surface area contributed by atoms with Crippen LogP contribution in [0.5, 0.6) is 0 Å². The first-order chi connectivity index (χ1) is 8.13. The van der Waals surface area contributed by atoms with Crippen LogP contribution in [0, 0.1) is 6.92 Å². The normalized spacial score (nSPS) is 12.7. The SMILES string of the molecule is Cc1ccccc1C(NN)c1cc(Cl)sc1Cl. The third-order valence-corrected chi connectivity index (χ3v) is 4.18. The average Bonchev–Trinajstić information content (AvgIpc) is 2.62. The largest absolute Gasteiger partial charge is 0.271 e. The Morgan fingerprint density at radius 2 is 1.94 bits per heavy atom. The molecule has 0 fully saturated rings. The summed E-state index contributed by atoms with van der Waals surface area (Å²) < 4.78 is 1.33. The van der Waals surface area contributed by atoms with Crippen LogP contribution in [0.1, 0.15) is 22.7 Å². The lowest BCUT2D eigenvalue weighted by atomic mass is 9.97. The van der Waals surface area contributed by atoms with Crippen molar-refractivity contribution >= 4 is 34.5 Å². The van der Waals surface area contributed by atoms with E-state index in [1.807, 2.05) is 37.3 Å². The molecule has 1 aromatic carbocycles. The van der Waals surface area contributed by atoms with Gasteiger partial charge in [-0.25, -0.2) is 5.43 Å². The zero-order chi connectivity index (χ0) is 12.4. The molecule has 0 aliphatic heterocycles. The van der Waals surface area contributed by atoms with Crippen LogP contribution in [0.25, 0.3) is 0 Å². The predicted molar refractivity (Wildman–Crippen MR) is 74.7 cm³/mol. The molecule has 2 nitrogen and oxygen atoms in total. The molecule has 5 heteroatoms. The molecule has 0 saturated carbocycles. The lowest BCUT2D eigenvalue weighted by Gasteiger charge is -2.18. The molecular formula is C12H12Cl2N2S. The number of hydrogen-bond donors (Lipinski definition) is 2. The Balaban J connectivity index is 2.47. The van der Waals surface area contributed by atoms with Crippen LogP contribution in [-0.4, -0.2) is 0 Å². The molecule has 0 saturated heterocycles. The van der Waals surface area contributed by atoms with Crippen molar-refractivity contribution in [3.8, 4) is 0 Å². The Bertz CT molecular complexity index is 525. The van der Waals surface area contributed by atoms with E-state index in [0.717, 1.165) is 16.7 Å². The van der Waals surface area contributed by atoms with Gasteiger partial charge in [-0.15, -0.1) is 11.3 Å². The lowest BCUT2D eigenvalue weighted by Crippen LogP contribution is -2.29. The summed E-state index contributed by atoms with van der Waals surface area (Å²) in [6.07, 6.45) is 0. The van der Waals surface area contributed by atoms with Crippen molar-refractivity contribution in [2.24, 2.45) is 5.84 Å². The van der Waals surface area contributed by atoms with E-state index < -0.39 is 0 Å². The van der Waals surface area contributed by atoms with Gasteiger partial charge in [-0.1, -0.05) is 47.5 Å². The first-order valence-corrected chi connectivity index (χ1v) is 6.67. The number of aryl methyl sites for hydroxylation is 1. The third kappa shape index (κ3) is 2.64. The predicted octanol–water partition coefficient (Wildman–Crippen LogP) is 3.92. The topological polar surface area (TPSA) is 38.0 Å². The van der Waals surface area contributed by atoms with Crippen molar-refractivity contribution in [1.82, 2.24) is 5.43 Å². The van der Waals surface area contributed by atoms with Crippen LogP contribution in [0.3, 0.4) is 0 Å². The standard InChI is InChI=1S/C12H12Cl2N2S/c1-7-4-2-3-5-8(7)11(16-15)9-6-10(13)17-12(9)14/h2-6,11,16H,15H2,1H3. The number of thiophene rings is 1. The van der Waals surface area contributed by atoms with Crippen LogP contribution in [0.2, 0.25) is 8.67 Å². The summed E-state index contributed by atoms with van der Waals surface area (Å²) in [6, 6.07) is 9.77. The van der Waals surface area contributed by atoms with E-state index in [0.29, 0.717) is 8.67 Å². The van der Waals surface area contributed by atoms with Gasteiger partial charge in [-0.2, -0.15) is 0 Å². The number of nitrogens with one attached hydrogen (secondary N) is 1. The van der Waals surface area contributed by atoms with Gasteiger partial charge in [0.2, 0.25) is 0 Å². The Hall–Kier alpha value is -0.580. The number of rotatable bonds is 3. The fourth-order valence-electron chi connectivity index (χ4n) is 1.81. The number of benzene rings is 1. The minimum atomic E-state index is -0.132. The minimum Gasteiger partial charge on any atom is -0.271 e. The molecule has 3 N–H and O–H groups in total. The van der Waals surface area contributed by atoms with E-state index in [9.17, 15) is 0 Å². The van der Waals surface area contributed by atoms with Crippen molar-refractivity contribution in [2.45, 2.75) is 13.0 Å². The zero-order valence-corrected chi connectivity index (χ0v) is 11.5. The highest BCUT2D eigenvalue weighted by molar-refractivity contribution is 7.20. The highest BCUT2D eigenvalue weighted by Crippen LogP contribution is 2.37. The Morgan fingerprint density at radius 3 is 2.47 bits per heavy atom. The summed E-state index contributed by atoms with van der Waals surface area (Å²) in [5.74, 6) is 5.64. The van der Waals surface area contributed by atoms with E-state index in [1.165, 1.54) is 11.3 Å². The van der Waals surface area contributed by atoms with Crippen LogP contribution < -0.4 is 11.3 Å². The fraction of sp³-hybridized carbons (Fsp3) is 0.167. The van der Waals surface area contributed by atoms with Gasteiger partial charge in [0.15, 0.2) is 0 Å². The molecule has 1 heterocycles. The molecule has 0 amide bonds. The van der Waals surface area contributed by atoms with Gasteiger partial charge >= 0.3 is 0 Å². The highest BCUT2D eigenvalue weighted by atomic mass is 35.5. The molecule has 1 atom stereocenters. The molecule has 0 aliphatic rings. The van der Waals surface area contributed by atoms with Crippen molar-refractivity contribution in [3.05, 3.63) is 55.7 Å². The van der Waals surface area contributed by atoms with Gasteiger partial charge < -0.3 is 0 Å². The number of hydrazine groups is 1. The van der Waals surface area contributed by atoms with Gasteiger partial charge in [0.1, 0.15) is 0 Å². The summed E-state index contributed by atoms with van der Waals surface area (Å²) in [4.78, 5) is 0. The molecule has 0 aliphatic carbocycles. The van der Waals surface area contributed by atoms with Crippen LogP contribution in [0.4, 0.5) is 0 Å². The third-order valence-electron chi connectivity index (χ3n) is 2.66. The monoisotopic (exact) mass is 286 g/mol. The van der Waals surface area contributed by atoms with Crippen LogP contribution >= 0.6 is 34.5 Å². The quantitative estimate of drug-likeness (QED) is 0.663. The Labute approximate surface area is 114 Å². The average molecular weight is 287 g/mol. The summed E-state index contributed by atoms with van der Waals surface area (Å²) in [5, 5.41) is 0. The summed E-state index contributed by atoms with van der Waals surface area (Å²) in [6.45, 7) is 2.04. The number of hydrogen-bond acceptors (Lipinski definition) is 3. The van der Waals surface area contributed by atoms with Gasteiger partial charge in [0.05, 0.1) is 14.7 Å². The lowest BCUT2D eigenvalue weighted by molar-refractivity contribution is 0.636. The fourth-order valence-corrected chi connectivity index (χ4v) is 3.34. The maximum atomic E-state index is 6.16. The molecule has 1 aromatic heterocycles. The second-order valence-electron chi connectivity index (χ2n) is 3.74. The second kappa shape index (κ2) is 5.38. The van der Waals surface area contributed by atoms with Crippen molar-refractivity contribution in [2.75, 3.05) is 0 Å². The summed E-state index contributed by atoms with van der Waals surface area (Å²) in [7, 11) is 0. The summed E-state index contributed by atoms with van der Waals surface area (Å²) in [5.41, 5.74) is 5.97. The van der Waals surface area contributed by atoms with E-state index in [2.05, 4.69) is 5.43 Å².